The monoisotopic (exact) mass is 394 g/mol. The van der Waals surface area contributed by atoms with Crippen LogP contribution in [-0.2, 0) is 4.79 Å². The normalized spacial score (nSPS) is 15.0. The highest BCUT2D eigenvalue weighted by atomic mass is 35.5. The van der Waals surface area contributed by atoms with E-state index in [-0.39, 0.29) is 18.3 Å². The molecule has 24 heavy (non-hydrogen) atoms. The minimum Gasteiger partial charge on any atom is -0.491 e. The van der Waals surface area contributed by atoms with Crippen molar-refractivity contribution in [1.29, 1.82) is 0 Å². The zero-order chi connectivity index (χ0) is 16.7. The van der Waals surface area contributed by atoms with Crippen LogP contribution in [-0.4, -0.2) is 44.1 Å². The largest absolute Gasteiger partial charge is 0.491 e. The van der Waals surface area contributed by atoms with Crippen LogP contribution in [0.1, 0.15) is 25.7 Å². The molecule has 1 N–H and O–H groups in total. The zero-order valence-corrected chi connectivity index (χ0v) is 16.2. The van der Waals surface area contributed by atoms with Gasteiger partial charge in [0.2, 0.25) is 5.91 Å². The molecule has 0 aliphatic carbocycles. The van der Waals surface area contributed by atoms with Crippen LogP contribution in [0, 0.1) is 5.92 Å². The van der Waals surface area contributed by atoms with Crippen molar-refractivity contribution in [1.82, 2.24) is 10.2 Å². The van der Waals surface area contributed by atoms with E-state index in [4.69, 9.17) is 27.9 Å². The van der Waals surface area contributed by atoms with Crippen LogP contribution >= 0.6 is 35.6 Å². The Morgan fingerprint density at radius 1 is 1.33 bits per heavy atom. The lowest BCUT2D eigenvalue weighted by Gasteiger charge is -2.32. The number of amides is 1. The van der Waals surface area contributed by atoms with E-state index in [1.807, 2.05) is 11.9 Å². The highest BCUT2D eigenvalue weighted by Gasteiger charge is 2.22. The van der Waals surface area contributed by atoms with Crippen molar-refractivity contribution in [2.24, 2.45) is 5.92 Å². The summed E-state index contributed by atoms with van der Waals surface area (Å²) in [4.78, 5) is 14.2. The molecular weight excluding hydrogens is 371 g/mol. The van der Waals surface area contributed by atoms with Crippen molar-refractivity contribution in [2.75, 3.05) is 33.3 Å². The minimum absolute atomic E-state index is 0. The van der Waals surface area contributed by atoms with Crippen LogP contribution in [0.3, 0.4) is 0 Å². The van der Waals surface area contributed by atoms with Crippen LogP contribution in [0.4, 0.5) is 0 Å². The first kappa shape index (κ1) is 21.4. The van der Waals surface area contributed by atoms with Crippen molar-refractivity contribution in [2.45, 2.75) is 25.7 Å². The standard InChI is InChI=1S/C17H24Cl2N2O2.ClH/c1-20-8-4-13-5-9-21(10-6-13)17(22)7-11-23-16-3-2-14(18)12-15(16)19;/h2-3,12-13,20H,4-11H2,1H3;1H. The molecule has 0 radical (unpaired) electrons. The highest BCUT2D eigenvalue weighted by molar-refractivity contribution is 6.35. The summed E-state index contributed by atoms with van der Waals surface area (Å²) in [7, 11) is 1.98. The number of hydrogen-bond donors (Lipinski definition) is 1. The molecule has 1 amide bonds. The maximum absolute atomic E-state index is 12.2. The van der Waals surface area contributed by atoms with Gasteiger partial charge in [-0.15, -0.1) is 12.4 Å². The van der Waals surface area contributed by atoms with Gasteiger partial charge in [0, 0.05) is 18.1 Å². The average molecular weight is 396 g/mol. The Balaban J connectivity index is 0.00000288. The number of carbonyl (C=O) groups is 1. The third-order valence-corrected chi connectivity index (χ3v) is 4.77. The van der Waals surface area contributed by atoms with Gasteiger partial charge >= 0.3 is 0 Å². The van der Waals surface area contributed by atoms with E-state index in [1.165, 1.54) is 6.42 Å². The predicted molar refractivity (Wildman–Crippen MR) is 102 cm³/mol. The number of benzene rings is 1. The number of nitrogens with one attached hydrogen (secondary N) is 1. The maximum Gasteiger partial charge on any atom is 0.225 e. The molecule has 0 unspecified atom stereocenters. The second-order valence-electron chi connectivity index (χ2n) is 5.89. The lowest BCUT2D eigenvalue weighted by atomic mass is 9.93. The molecule has 0 aromatic heterocycles. The zero-order valence-electron chi connectivity index (χ0n) is 13.9. The summed E-state index contributed by atoms with van der Waals surface area (Å²) in [6.07, 6.45) is 3.76. The molecule has 0 saturated carbocycles. The Bertz CT molecular complexity index is 521. The predicted octanol–water partition coefficient (Wildman–Crippen LogP) is 4.03. The Hall–Kier alpha value is -0.680. The van der Waals surface area contributed by atoms with Gasteiger partial charge in [-0.1, -0.05) is 23.2 Å². The van der Waals surface area contributed by atoms with Gasteiger partial charge < -0.3 is 15.0 Å². The fraction of sp³-hybridized carbons (Fsp3) is 0.588. The molecule has 1 aromatic rings. The second-order valence-corrected chi connectivity index (χ2v) is 6.73. The number of rotatable bonds is 7. The van der Waals surface area contributed by atoms with E-state index in [2.05, 4.69) is 5.32 Å². The molecule has 136 valence electrons. The van der Waals surface area contributed by atoms with Gasteiger partial charge in [0.1, 0.15) is 5.75 Å². The van der Waals surface area contributed by atoms with Crippen molar-refractivity contribution < 1.29 is 9.53 Å². The topological polar surface area (TPSA) is 41.6 Å². The molecule has 7 heteroatoms. The Labute approximate surface area is 160 Å². The lowest BCUT2D eigenvalue weighted by Crippen LogP contribution is -2.39. The van der Waals surface area contributed by atoms with E-state index in [1.54, 1.807) is 18.2 Å². The first-order chi connectivity index (χ1) is 11.1. The van der Waals surface area contributed by atoms with E-state index >= 15 is 0 Å². The van der Waals surface area contributed by atoms with Crippen molar-refractivity contribution in [3.8, 4) is 5.75 Å². The number of likely N-dealkylation sites (tertiary alicyclic amines) is 1. The summed E-state index contributed by atoms with van der Waals surface area (Å²) < 4.78 is 5.58. The van der Waals surface area contributed by atoms with Gasteiger partial charge in [-0.2, -0.15) is 0 Å². The first-order valence-corrected chi connectivity index (χ1v) is 8.86. The van der Waals surface area contributed by atoms with Gasteiger partial charge in [0.05, 0.1) is 18.1 Å². The maximum atomic E-state index is 12.2. The Morgan fingerprint density at radius 3 is 2.67 bits per heavy atom. The van der Waals surface area contributed by atoms with Crippen molar-refractivity contribution in [3.63, 3.8) is 0 Å². The summed E-state index contributed by atoms with van der Waals surface area (Å²) in [5, 5.41) is 4.22. The average Bonchev–Trinajstić information content (AvgIpc) is 2.55. The van der Waals surface area contributed by atoms with E-state index < -0.39 is 0 Å². The Morgan fingerprint density at radius 2 is 2.04 bits per heavy atom. The molecule has 1 aliphatic rings. The number of nitrogens with zero attached hydrogens (tertiary/aromatic N) is 1. The highest BCUT2D eigenvalue weighted by Crippen LogP contribution is 2.27. The van der Waals surface area contributed by atoms with Crippen LogP contribution in [0.15, 0.2) is 18.2 Å². The van der Waals surface area contributed by atoms with Crippen LogP contribution in [0.25, 0.3) is 0 Å². The van der Waals surface area contributed by atoms with E-state index in [9.17, 15) is 4.79 Å². The van der Waals surface area contributed by atoms with Crippen LogP contribution in [0.5, 0.6) is 5.75 Å². The Kier molecular flexibility index (Phi) is 9.82. The fourth-order valence-electron chi connectivity index (χ4n) is 2.82. The number of hydrogen-bond acceptors (Lipinski definition) is 3. The van der Waals surface area contributed by atoms with E-state index in [0.29, 0.717) is 28.8 Å². The number of halogens is 3. The molecule has 2 rings (SSSR count). The molecule has 1 saturated heterocycles. The van der Waals surface area contributed by atoms with Crippen LogP contribution in [0.2, 0.25) is 10.0 Å². The SMILES string of the molecule is CNCCC1CCN(C(=O)CCOc2ccc(Cl)cc2Cl)CC1.Cl. The summed E-state index contributed by atoms with van der Waals surface area (Å²) in [6, 6.07) is 5.08. The molecule has 0 bridgehead atoms. The summed E-state index contributed by atoms with van der Waals surface area (Å²) in [5.41, 5.74) is 0. The second kappa shape index (κ2) is 11.0. The smallest absolute Gasteiger partial charge is 0.225 e. The first-order valence-electron chi connectivity index (χ1n) is 8.10. The molecule has 0 atom stereocenters. The molecule has 1 heterocycles. The molecule has 4 nitrogen and oxygen atoms in total. The van der Waals surface area contributed by atoms with Crippen molar-refractivity contribution in [3.05, 3.63) is 28.2 Å². The van der Waals surface area contributed by atoms with Gasteiger partial charge in [-0.25, -0.2) is 0 Å². The van der Waals surface area contributed by atoms with Gasteiger partial charge in [0.15, 0.2) is 0 Å². The number of piperidine rings is 1. The fourth-order valence-corrected chi connectivity index (χ4v) is 3.28. The summed E-state index contributed by atoms with van der Waals surface area (Å²) in [5.74, 6) is 1.45. The lowest BCUT2D eigenvalue weighted by molar-refractivity contribution is -0.133. The van der Waals surface area contributed by atoms with E-state index in [0.717, 1.165) is 38.4 Å². The van der Waals surface area contributed by atoms with Gasteiger partial charge in [0.25, 0.3) is 0 Å². The molecule has 1 aliphatic heterocycles. The summed E-state index contributed by atoms with van der Waals surface area (Å²) >= 11 is 11.9. The molecular formula is C17H25Cl3N2O2. The third-order valence-electron chi connectivity index (χ3n) is 4.24. The number of ether oxygens (including phenoxy) is 1. The van der Waals surface area contributed by atoms with Crippen LogP contribution < -0.4 is 10.1 Å². The molecule has 0 spiro atoms. The quantitative estimate of drug-likeness (QED) is 0.758. The minimum atomic E-state index is 0. The summed E-state index contributed by atoms with van der Waals surface area (Å²) in [6.45, 7) is 3.10. The third kappa shape index (κ3) is 6.67. The molecule has 1 fully saturated rings. The molecule has 1 aromatic carbocycles. The van der Waals surface area contributed by atoms with Gasteiger partial charge in [-0.3, -0.25) is 4.79 Å². The number of carbonyl (C=O) groups excluding carboxylic acids is 1. The van der Waals surface area contributed by atoms with Gasteiger partial charge in [-0.05, 0) is 57.0 Å². The van der Waals surface area contributed by atoms with Crippen molar-refractivity contribution >= 4 is 41.5 Å².